The lowest BCUT2D eigenvalue weighted by Crippen LogP contribution is -2.44. The van der Waals surface area contributed by atoms with Gasteiger partial charge in [-0.3, -0.25) is 0 Å². The van der Waals surface area contributed by atoms with Crippen molar-refractivity contribution < 1.29 is 14.3 Å². The minimum absolute atomic E-state index is 0.538. The summed E-state index contributed by atoms with van der Waals surface area (Å²) in [5.41, 5.74) is 6.26. The van der Waals surface area contributed by atoms with Crippen LogP contribution in [0.15, 0.2) is 24.3 Å². The normalized spacial score (nSPS) is 11.2. The lowest BCUT2D eigenvalue weighted by molar-refractivity contribution is 0.0595. The van der Waals surface area contributed by atoms with Gasteiger partial charge in [0.25, 0.3) is 0 Å². The van der Waals surface area contributed by atoms with Crippen LogP contribution >= 0.6 is 0 Å². The molecule has 29 heavy (non-hydrogen) atoms. The van der Waals surface area contributed by atoms with Gasteiger partial charge in [0.05, 0.1) is 5.69 Å². The van der Waals surface area contributed by atoms with E-state index in [1.807, 2.05) is 65.8 Å². The Kier molecular flexibility index (Phi) is 6.41. The van der Waals surface area contributed by atoms with Gasteiger partial charge >= 0.3 is 12.1 Å². The lowest BCUT2D eigenvalue weighted by atomic mass is 10.0. The monoisotopic (exact) mass is 396 g/mol. The Morgan fingerprint density at radius 2 is 1.21 bits per heavy atom. The van der Waals surface area contributed by atoms with E-state index in [0.29, 0.717) is 11.4 Å². The highest BCUT2D eigenvalue weighted by atomic mass is 16.6. The van der Waals surface area contributed by atoms with E-state index in [0.717, 1.165) is 38.3 Å². The van der Waals surface area contributed by atoms with Crippen LogP contribution in [0.25, 0.3) is 0 Å². The summed E-state index contributed by atoms with van der Waals surface area (Å²) in [5, 5.41) is 2.93. The number of amides is 3. The van der Waals surface area contributed by atoms with Crippen LogP contribution in [0, 0.1) is 41.5 Å². The number of urea groups is 1. The Labute approximate surface area is 174 Å². The molecule has 5 heteroatoms. The first kappa shape index (κ1) is 22.5. The fraction of sp³-hybridized carbons (Fsp3) is 0.417. The van der Waals surface area contributed by atoms with E-state index >= 15 is 0 Å². The van der Waals surface area contributed by atoms with Crippen LogP contribution in [0.3, 0.4) is 0 Å². The van der Waals surface area contributed by atoms with Gasteiger partial charge in [-0.2, -0.15) is 4.90 Å². The van der Waals surface area contributed by atoms with E-state index in [-0.39, 0.29) is 0 Å². The van der Waals surface area contributed by atoms with Crippen molar-refractivity contribution in [2.45, 2.75) is 67.9 Å². The minimum Gasteiger partial charge on any atom is -0.443 e. The maximum Gasteiger partial charge on any atom is 0.423 e. The van der Waals surface area contributed by atoms with Crippen molar-refractivity contribution in [2.24, 2.45) is 0 Å². The molecule has 2 aromatic rings. The van der Waals surface area contributed by atoms with Crippen LogP contribution in [-0.4, -0.2) is 17.7 Å². The molecule has 0 heterocycles. The molecule has 0 aliphatic rings. The van der Waals surface area contributed by atoms with Crippen molar-refractivity contribution in [1.82, 2.24) is 0 Å². The lowest BCUT2D eigenvalue weighted by Gasteiger charge is -2.29. The molecular weight excluding hydrogens is 364 g/mol. The van der Waals surface area contributed by atoms with E-state index in [4.69, 9.17) is 4.74 Å². The Morgan fingerprint density at radius 3 is 1.62 bits per heavy atom. The molecule has 0 saturated heterocycles. The van der Waals surface area contributed by atoms with Crippen molar-refractivity contribution in [2.75, 3.05) is 10.2 Å². The number of imide groups is 1. The molecule has 2 rings (SSSR count). The maximum atomic E-state index is 13.3. The number of benzene rings is 2. The van der Waals surface area contributed by atoms with E-state index in [9.17, 15) is 9.59 Å². The summed E-state index contributed by atoms with van der Waals surface area (Å²) in [5.74, 6) is 0. The fourth-order valence-corrected chi connectivity index (χ4v) is 3.65. The second-order valence-corrected chi connectivity index (χ2v) is 8.77. The third kappa shape index (κ3) is 5.37. The number of hydrogen-bond donors (Lipinski definition) is 1. The quantitative estimate of drug-likeness (QED) is 0.629. The number of hydrogen-bond acceptors (Lipinski definition) is 3. The number of aryl methyl sites for hydroxylation is 6. The Balaban J connectivity index is 2.54. The third-order valence-electron chi connectivity index (χ3n) is 4.55. The summed E-state index contributed by atoms with van der Waals surface area (Å²) >= 11 is 0. The molecule has 1 N–H and O–H groups in total. The van der Waals surface area contributed by atoms with Crippen molar-refractivity contribution >= 4 is 23.5 Å². The maximum absolute atomic E-state index is 13.3. The predicted octanol–water partition coefficient (Wildman–Crippen LogP) is 6.51. The molecular formula is C24H32N2O3. The Hall–Kier alpha value is -2.82. The number of nitrogens with one attached hydrogen (secondary N) is 1. The van der Waals surface area contributed by atoms with Crippen LogP contribution in [0.2, 0.25) is 0 Å². The van der Waals surface area contributed by atoms with Crippen LogP contribution < -0.4 is 10.2 Å². The summed E-state index contributed by atoms with van der Waals surface area (Å²) in [7, 11) is 0. The number of carbonyl (C=O) groups is 2. The van der Waals surface area contributed by atoms with Crippen LogP contribution in [0.5, 0.6) is 0 Å². The fourth-order valence-electron chi connectivity index (χ4n) is 3.65. The van der Waals surface area contributed by atoms with Gasteiger partial charge < -0.3 is 10.1 Å². The van der Waals surface area contributed by atoms with Crippen molar-refractivity contribution in [1.29, 1.82) is 0 Å². The molecule has 0 aromatic heterocycles. The molecule has 0 fully saturated rings. The Morgan fingerprint density at radius 1 is 0.793 bits per heavy atom. The molecule has 0 spiro atoms. The van der Waals surface area contributed by atoms with Gasteiger partial charge in [-0.1, -0.05) is 35.4 Å². The van der Waals surface area contributed by atoms with Gasteiger partial charge in [0.15, 0.2) is 0 Å². The topological polar surface area (TPSA) is 58.6 Å². The van der Waals surface area contributed by atoms with E-state index in [2.05, 4.69) is 5.32 Å². The zero-order chi connectivity index (χ0) is 22.1. The van der Waals surface area contributed by atoms with Gasteiger partial charge in [-0.15, -0.1) is 0 Å². The summed E-state index contributed by atoms with van der Waals surface area (Å²) < 4.78 is 5.56. The van der Waals surface area contributed by atoms with Crippen molar-refractivity contribution in [3.8, 4) is 0 Å². The first-order valence-electron chi connectivity index (χ1n) is 9.80. The van der Waals surface area contributed by atoms with Crippen LogP contribution in [-0.2, 0) is 4.74 Å². The summed E-state index contributed by atoms with van der Waals surface area (Å²) in [6, 6.07) is 7.38. The van der Waals surface area contributed by atoms with Gasteiger partial charge in [-0.05, 0) is 84.6 Å². The molecule has 156 valence electrons. The summed E-state index contributed by atoms with van der Waals surface area (Å²) in [6.45, 7) is 17.0. The second-order valence-electron chi connectivity index (χ2n) is 8.77. The molecule has 0 aliphatic carbocycles. The molecule has 0 saturated carbocycles. The molecule has 0 radical (unpaired) electrons. The summed E-state index contributed by atoms with van der Waals surface area (Å²) in [4.78, 5) is 27.5. The number of nitrogens with zero attached hydrogens (tertiary/aromatic N) is 1. The van der Waals surface area contributed by atoms with Crippen molar-refractivity contribution in [3.05, 3.63) is 57.6 Å². The van der Waals surface area contributed by atoms with Crippen LogP contribution in [0.1, 0.15) is 54.2 Å². The molecule has 2 aromatic carbocycles. The first-order chi connectivity index (χ1) is 13.3. The number of rotatable bonds is 2. The van der Waals surface area contributed by atoms with Gasteiger partial charge in [0, 0.05) is 5.69 Å². The predicted molar refractivity (Wildman–Crippen MR) is 119 cm³/mol. The van der Waals surface area contributed by atoms with Crippen molar-refractivity contribution in [3.63, 3.8) is 0 Å². The van der Waals surface area contributed by atoms with Gasteiger partial charge in [0.2, 0.25) is 0 Å². The zero-order valence-electron chi connectivity index (χ0n) is 19.0. The van der Waals surface area contributed by atoms with Gasteiger partial charge in [0.1, 0.15) is 5.60 Å². The minimum atomic E-state index is -0.724. The van der Waals surface area contributed by atoms with Crippen LogP contribution in [0.4, 0.5) is 21.0 Å². The van der Waals surface area contributed by atoms with E-state index < -0.39 is 17.7 Å². The van der Waals surface area contributed by atoms with Gasteiger partial charge in [-0.25, -0.2) is 9.59 Å². The molecule has 0 aliphatic heterocycles. The third-order valence-corrected chi connectivity index (χ3v) is 4.55. The standard InChI is InChI=1S/C24H32N2O3/c1-14-10-16(3)20(17(4)11-14)25-22(27)26(23(28)29-24(7,8)9)21-18(5)12-15(2)13-19(21)6/h10-13H,1-9H3,(H,25,27). The molecule has 5 nitrogen and oxygen atoms in total. The highest BCUT2D eigenvalue weighted by molar-refractivity contribution is 6.17. The molecule has 0 unspecified atom stereocenters. The molecule has 0 atom stereocenters. The van der Waals surface area contributed by atoms with E-state index in [1.54, 1.807) is 20.8 Å². The highest BCUT2D eigenvalue weighted by Crippen LogP contribution is 2.30. The number of anilines is 2. The number of carbonyl (C=O) groups excluding carboxylic acids is 2. The smallest absolute Gasteiger partial charge is 0.423 e. The molecule has 3 amide bonds. The largest absolute Gasteiger partial charge is 0.443 e. The zero-order valence-corrected chi connectivity index (χ0v) is 19.0. The first-order valence-corrected chi connectivity index (χ1v) is 9.80. The number of ether oxygens (including phenoxy) is 1. The highest BCUT2D eigenvalue weighted by Gasteiger charge is 2.31. The SMILES string of the molecule is Cc1cc(C)c(NC(=O)N(C(=O)OC(C)(C)C)c2c(C)cc(C)cc2C)c(C)c1. The average molecular weight is 397 g/mol. The average Bonchev–Trinajstić information content (AvgIpc) is 2.52. The van der Waals surface area contributed by atoms with E-state index in [1.165, 1.54) is 0 Å². The second kappa shape index (κ2) is 8.27. The molecule has 0 bridgehead atoms. The Bertz CT molecular complexity index is 909. The summed E-state index contributed by atoms with van der Waals surface area (Å²) in [6.07, 6.45) is -0.701.